The molecule has 1 atom stereocenters. The molecular weight excluding hydrogens is 372 g/mol. The average Bonchev–Trinajstić information content (AvgIpc) is 3.15. The molecular formula is C22H20N2O3S. The third-order valence-electron chi connectivity index (χ3n) is 4.67. The van der Waals surface area contributed by atoms with Gasteiger partial charge in [0, 0.05) is 18.3 Å². The number of carbonyl (C=O) groups excluding carboxylic acids is 2. The maximum absolute atomic E-state index is 12.8. The zero-order valence-corrected chi connectivity index (χ0v) is 16.2. The minimum Gasteiger partial charge on any atom is -0.489 e. The van der Waals surface area contributed by atoms with Crippen molar-refractivity contribution in [1.82, 2.24) is 5.32 Å². The number of thiophene rings is 1. The van der Waals surface area contributed by atoms with E-state index in [-0.39, 0.29) is 18.4 Å². The molecule has 28 heavy (non-hydrogen) atoms. The highest BCUT2D eigenvalue weighted by atomic mass is 32.1. The second kappa shape index (κ2) is 7.86. The summed E-state index contributed by atoms with van der Waals surface area (Å²) in [6.45, 7) is 0.105. The van der Waals surface area contributed by atoms with E-state index >= 15 is 0 Å². The molecule has 0 unspecified atom stereocenters. The van der Waals surface area contributed by atoms with Gasteiger partial charge in [-0.1, -0.05) is 42.5 Å². The number of amides is 2. The molecule has 2 aromatic carbocycles. The van der Waals surface area contributed by atoms with Crippen molar-refractivity contribution in [1.29, 1.82) is 0 Å². The van der Waals surface area contributed by atoms with Crippen LogP contribution in [0.4, 0.5) is 5.69 Å². The van der Waals surface area contributed by atoms with E-state index in [4.69, 9.17) is 4.74 Å². The van der Waals surface area contributed by atoms with E-state index in [9.17, 15) is 9.59 Å². The van der Waals surface area contributed by atoms with Crippen molar-refractivity contribution in [3.05, 3.63) is 82.0 Å². The van der Waals surface area contributed by atoms with Crippen LogP contribution in [0.2, 0.25) is 0 Å². The molecule has 1 aliphatic rings. The molecule has 142 valence electrons. The summed E-state index contributed by atoms with van der Waals surface area (Å²) in [7, 11) is 1.69. The monoisotopic (exact) mass is 392 g/mol. The highest BCUT2D eigenvalue weighted by Gasteiger charge is 2.30. The van der Waals surface area contributed by atoms with Crippen LogP contribution >= 0.6 is 11.3 Å². The second-order valence-electron chi connectivity index (χ2n) is 6.63. The van der Waals surface area contributed by atoms with Crippen molar-refractivity contribution in [2.24, 2.45) is 0 Å². The van der Waals surface area contributed by atoms with E-state index in [0.29, 0.717) is 16.3 Å². The van der Waals surface area contributed by atoms with Crippen molar-refractivity contribution < 1.29 is 14.3 Å². The third kappa shape index (κ3) is 3.77. The first kappa shape index (κ1) is 18.3. The summed E-state index contributed by atoms with van der Waals surface area (Å²) >= 11 is 1.44. The Kier molecular flexibility index (Phi) is 5.12. The van der Waals surface area contributed by atoms with E-state index in [1.54, 1.807) is 13.1 Å². The summed E-state index contributed by atoms with van der Waals surface area (Å²) < 4.78 is 5.75. The molecule has 0 spiro atoms. The predicted molar refractivity (Wildman–Crippen MR) is 110 cm³/mol. The predicted octanol–water partition coefficient (Wildman–Crippen LogP) is 3.49. The Bertz CT molecular complexity index is 1000. The average molecular weight is 392 g/mol. The van der Waals surface area contributed by atoms with E-state index in [2.05, 4.69) is 17.4 Å². The highest BCUT2D eigenvalue weighted by Crippen LogP contribution is 2.30. The van der Waals surface area contributed by atoms with Gasteiger partial charge in [-0.25, -0.2) is 0 Å². The molecule has 1 N–H and O–H groups in total. The largest absolute Gasteiger partial charge is 0.489 e. The Hall–Kier alpha value is -3.12. The van der Waals surface area contributed by atoms with Crippen LogP contribution < -0.4 is 15.0 Å². The molecule has 4 rings (SSSR count). The van der Waals surface area contributed by atoms with Crippen molar-refractivity contribution >= 4 is 28.8 Å². The fourth-order valence-electron chi connectivity index (χ4n) is 3.18. The Labute approximate surface area is 167 Å². The van der Waals surface area contributed by atoms with Crippen LogP contribution in [0.25, 0.3) is 0 Å². The van der Waals surface area contributed by atoms with Crippen LogP contribution in [0.1, 0.15) is 20.1 Å². The zero-order valence-electron chi connectivity index (χ0n) is 15.4. The minimum absolute atomic E-state index is 0.105. The standard InChI is InChI=1S/C22H20N2O3S/c1-24-18-9-5-6-10-19(18)27-14-17(22(24)26)23-21(25)20-12-11-16(28-20)13-15-7-3-2-4-8-15/h2-12,17H,13-14H2,1H3,(H,23,25)/t17-/m0/s1. The maximum Gasteiger partial charge on any atom is 0.262 e. The molecule has 2 amide bonds. The van der Waals surface area contributed by atoms with Crippen molar-refractivity contribution in [2.45, 2.75) is 12.5 Å². The van der Waals surface area contributed by atoms with Crippen LogP contribution in [-0.2, 0) is 11.2 Å². The number of para-hydroxylation sites is 2. The molecule has 0 bridgehead atoms. The molecule has 3 aromatic rings. The van der Waals surface area contributed by atoms with Gasteiger partial charge in [0.25, 0.3) is 11.8 Å². The van der Waals surface area contributed by atoms with Crippen LogP contribution in [0, 0.1) is 0 Å². The highest BCUT2D eigenvalue weighted by molar-refractivity contribution is 7.14. The summed E-state index contributed by atoms with van der Waals surface area (Å²) in [5.74, 6) is 0.182. The van der Waals surface area contributed by atoms with Crippen LogP contribution in [0.15, 0.2) is 66.7 Å². The van der Waals surface area contributed by atoms with Crippen molar-refractivity contribution in [3.8, 4) is 5.75 Å². The SMILES string of the molecule is CN1C(=O)[C@@H](NC(=O)c2ccc(Cc3ccccc3)s2)COc2ccccc21. The molecule has 0 saturated heterocycles. The topological polar surface area (TPSA) is 58.6 Å². The number of carbonyl (C=O) groups is 2. The lowest BCUT2D eigenvalue weighted by Gasteiger charge is -2.20. The fraction of sp³-hybridized carbons (Fsp3) is 0.182. The first-order valence-corrected chi connectivity index (χ1v) is 9.86. The van der Waals surface area contributed by atoms with Crippen molar-refractivity contribution in [2.75, 3.05) is 18.6 Å². The van der Waals surface area contributed by atoms with Gasteiger partial charge >= 0.3 is 0 Å². The molecule has 1 aliphatic heterocycles. The van der Waals surface area contributed by atoms with Crippen LogP contribution in [0.3, 0.4) is 0 Å². The number of hydrogen-bond donors (Lipinski definition) is 1. The van der Waals surface area contributed by atoms with Gasteiger partial charge in [-0.15, -0.1) is 11.3 Å². The summed E-state index contributed by atoms with van der Waals surface area (Å²) in [5.41, 5.74) is 1.90. The van der Waals surface area contributed by atoms with Gasteiger partial charge in [-0.05, 0) is 29.8 Å². The molecule has 6 heteroatoms. The molecule has 2 heterocycles. The molecule has 0 fully saturated rings. The number of anilines is 1. The summed E-state index contributed by atoms with van der Waals surface area (Å²) in [6, 6.07) is 20.5. The summed E-state index contributed by atoms with van der Waals surface area (Å²) in [6.07, 6.45) is 0.780. The number of nitrogens with zero attached hydrogens (tertiary/aromatic N) is 1. The van der Waals surface area contributed by atoms with Gasteiger partial charge in [0.2, 0.25) is 0 Å². The number of fused-ring (bicyclic) bond motifs is 1. The Morgan fingerprint density at radius 1 is 1.11 bits per heavy atom. The maximum atomic E-state index is 12.8. The number of hydrogen-bond acceptors (Lipinski definition) is 4. The number of rotatable bonds is 4. The lowest BCUT2D eigenvalue weighted by atomic mass is 10.1. The molecule has 0 radical (unpaired) electrons. The fourth-order valence-corrected chi connectivity index (χ4v) is 4.12. The Morgan fingerprint density at radius 3 is 2.68 bits per heavy atom. The number of likely N-dealkylation sites (N-methyl/N-ethyl adjacent to an activating group) is 1. The Morgan fingerprint density at radius 2 is 1.86 bits per heavy atom. The normalized spacial score (nSPS) is 16.1. The smallest absolute Gasteiger partial charge is 0.262 e. The first-order valence-electron chi connectivity index (χ1n) is 9.05. The van der Waals surface area contributed by atoms with E-state index in [1.807, 2.05) is 48.5 Å². The minimum atomic E-state index is -0.732. The third-order valence-corrected chi connectivity index (χ3v) is 5.76. The van der Waals surface area contributed by atoms with Gasteiger partial charge in [0.05, 0.1) is 10.6 Å². The lowest BCUT2D eigenvalue weighted by Crippen LogP contribution is -2.49. The van der Waals surface area contributed by atoms with E-state index < -0.39 is 6.04 Å². The molecule has 0 saturated carbocycles. The first-order chi connectivity index (χ1) is 13.6. The number of ether oxygens (including phenoxy) is 1. The van der Waals surface area contributed by atoms with E-state index in [1.165, 1.54) is 21.8 Å². The summed E-state index contributed by atoms with van der Waals surface area (Å²) in [5, 5.41) is 2.82. The molecule has 5 nitrogen and oxygen atoms in total. The quantitative estimate of drug-likeness (QED) is 0.739. The van der Waals surface area contributed by atoms with Gasteiger partial charge in [0.15, 0.2) is 0 Å². The Balaban J connectivity index is 1.45. The molecule has 1 aromatic heterocycles. The lowest BCUT2D eigenvalue weighted by molar-refractivity contribution is -0.120. The second-order valence-corrected chi connectivity index (χ2v) is 7.80. The van der Waals surface area contributed by atoms with Crippen molar-refractivity contribution in [3.63, 3.8) is 0 Å². The van der Waals surface area contributed by atoms with Crippen LogP contribution in [0.5, 0.6) is 5.75 Å². The van der Waals surface area contributed by atoms with Gasteiger partial charge < -0.3 is 15.0 Å². The van der Waals surface area contributed by atoms with E-state index in [0.717, 1.165) is 11.3 Å². The zero-order chi connectivity index (χ0) is 19.5. The molecule has 0 aliphatic carbocycles. The number of benzene rings is 2. The number of nitrogens with one attached hydrogen (secondary N) is 1. The van der Waals surface area contributed by atoms with Gasteiger partial charge in [0.1, 0.15) is 18.4 Å². The van der Waals surface area contributed by atoms with Crippen LogP contribution in [-0.4, -0.2) is 31.5 Å². The van der Waals surface area contributed by atoms with Gasteiger partial charge in [-0.2, -0.15) is 0 Å². The summed E-state index contributed by atoms with van der Waals surface area (Å²) in [4.78, 5) is 28.7. The van der Waals surface area contributed by atoms with Gasteiger partial charge in [-0.3, -0.25) is 9.59 Å².